The lowest BCUT2D eigenvalue weighted by Crippen LogP contribution is -2.26. The minimum absolute atomic E-state index is 0.328. The number of aryl methyl sites for hydroxylation is 1. The molecular weight excluding hydrogens is 388 g/mol. The fraction of sp³-hybridized carbons (Fsp3) is 0.318. The van der Waals surface area contributed by atoms with Gasteiger partial charge >= 0.3 is 5.97 Å². The monoisotopic (exact) mass is 412 g/mol. The molecule has 1 aromatic carbocycles. The van der Waals surface area contributed by atoms with Crippen LogP contribution in [0, 0.1) is 0 Å². The fourth-order valence-electron chi connectivity index (χ4n) is 2.75. The Morgan fingerprint density at radius 3 is 2.41 bits per heavy atom. The van der Waals surface area contributed by atoms with Gasteiger partial charge in [0.2, 0.25) is 0 Å². The molecule has 6 nitrogen and oxygen atoms in total. The molecule has 7 heteroatoms. The maximum Gasteiger partial charge on any atom is 0.333 e. The van der Waals surface area contributed by atoms with Crippen LogP contribution in [-0.4, -0.2) is 33.8 Å². The summed E-state index contributed by atoms with van der Waals surface area (Å²) in [5, 5.41) is 9.18. The van der Waals surface area contributed by atoms with Crippen LogP contribution < -0.4 is 4.74 Å². The minimum atomic E-state index is -0.950. The Balaban J connectivity index is 1.56. The molecule has 0 amide bonds. The first-order chi connectivity index (χ1) is 14.1. The molecule has 3 aromatic rings. The van der Waals surface area contributed by atoms with Gasteiger partial charge in [0.15, 0.2) is 11.9 Å². The third-order valence-electron chi connectivity index (χ3n) is 4.36. The van der Waals surface area contributed by atoms with Gasteiger partial charge in [0.1, 0.15) is 12.4 Å². The van der Waals surface area contributed by atoms with E-state index in [0.29, 0.717) is 19.6 Å². The molecule has 1 N–H and O–H groups in total. The van der Waals surface area contributed by atoms with Gasteiger partial charge in [-0.3, -0.25) is 0 Å². The van der Waals surface area contributed by atoms with Crippen molar-refractivity contribution in [3.05, 3.63) is 64.8 Å². The van der Waals surface area contributed by atoms with Crippen molar-refractivity contribution in [2.45, 2.75) is 39.4 Å². The minimum Gasteiger partial charge on any atom is -0.488 e. The van der Waals surface area contributed by atoms with E-state index < -0.39 is 12.1 Å². The van der Waals surface area contributed by atoms with E-state index in [1.54, 1.807) is 18.3 Å². The van der Waals surface area contributed by atoms with E-state index in [1.165, 1.54) is 0 Å². The zero-order valence-electron chi connectivity index (χ0n) is 16.5. The second-order valence-corrected chi connectivity index (χ2v) is 7.62. The van der Waals surface area contributed by atoms with Crippen molar-refractivity contribution in [1.82, 2.24) is 9.97 Å². The summed E-state index contributed by atoms with van der Waals surface area (Å²) in [6.07, 6.45) is 4.14. The van der Waals surface area contributed by atoms with Crippen LogP contribution in [0.15, 0.2) is 48.8 Å². The lowest BCUT2D eigenvalue weighted by molar-refractivity contribution is -0.149. The summed E-state index contributed by atoms with van der Waals surface area (Å²) in [6.45, 7) is 4.69. The number of benzene rings is 1. The van der Waals surface area contributed by atoms with Crippen molar-refractivity contribution in [1.29, 1.82) is 0 Å². The number of aromatic nitrogens is 2. The van der Waals surface area contributed by atoms with Crippen LogP contribution in [0.4, 0.5) is 0 Å². The van der Waals surface area contributed by atoms with Crippen LogP contribution in [-0.2, 0) is 29.0 Å². The van der Waals surface area contributed by atoms with Crippen LogP contribution in [0.1, 0.15) is 29.9 Å². The highest BCUT2D eigenvalue weighted by Gasteiger charge is 2.17. The molecule has 0 bridgehead atoms. The van der Waals surface area contributed by atoms with Gasteiger partial charge < -0.3 is 14.6 Å². The van der Waals surface area contributed by atoms with Crippen LogP contribution in [0.2, 0.25) is 0 Å². The Morgan fingerprint density at radius 2 is 1.79 bits per heavy atom. The van der Waals surface area contributed by atoms with Gasteiger partial charge in [0.05, 0.1) is 4.88 Å². The van der Waals surface area contributed by atoms with Gasteiger partial charge in [-0.15, -0.1) is 11.3 Å². The Morgan fingerprint density at radius 1 is 1.07 bits per heavy atom. The van der Waals surface area contributed by atoms with Gasteiger partial charge in [0.25, 0.3) is 0 Å². The highest BCUT2D eigenvalue weighted by molar-refractivity contribution is 7.15. The van der Waals surface area contributed by atoms with Crippen molar-refractivity contribution in [3.63, 3.8) is 0 Å². The Bertz CT molecular complexity index is 923. The zero-order chi connectivity index (χ0) is 20.6. The molecule has 0 fully saturated rings. The smallest absolute Gasteiger partial charge is 0.333 e. The molecule has 0 saturated heterocycles. The summed E-state index contributed by atoms with van der Waals surface area (Å²) in [6, 6.07) is 11.5. The summed E-state index contributed by atoms with van der Waals surface area (Å²) in [5.74, 6) is 0.509. The third-order valence-corrected chi connectivity index (χ3v) is 5.42. The third kappa shape index (κ3) is 5.85. The number of ether oxygens (including phenoxy) is 2. The molecule has 0 aliphatic rings. The number of rotatable bonds is 10. The summed E-state index contributed by atoms with van der Waals surface area (Å²) in [5.41, 5.74) is 2.01. The van der Waals surface area contributed by atoms with Gasteiger partial charge in [-0.1, -0.05) is 19.1 Å². The number of hydrogen-bond acceptors (Lipinski definition) is 6. The van der Waals surface area contributed by atoms with Gasteiger partial charge in [-0.2, -0.15) is 0 Å². The van der Waals surface area contributed by atoms with Crippen molar-refractivity contribution in [2.24, 2.45) is 0 Å². The molecule has 1 unspecified atom stereocenters. The average molecular weight is 413 g/mol. The SMILES string of the molecule is CCOC(Cc1ccc(OCc2ccc(-c3ncc(CC)cn3)s2)cc1)C(=O)O. The van der Waals surface area contributed by atoms with Crippen molar-refractivity contribution in [3.8, 4) is 16.5 Å². The average Bonchev–Trinajstić information content (AvgIpc) is 3.22. The summed E-state index contributed by atoms with van der Waals surface area (Å²) < 4.78 is 11.1. The second kappa shape index (κ2) is 10.1. The fourth-order valence-corrected chi connectivity index (χ4v) is 3.62. The zero-order valence-corrected chi connectivity index (χ0v) is 17.3. The maximum absolute atomic E-state index is 11.2. The number of carboxylic acids is 1. The van der Waals surface area contributed by atoms with E-state index in [0.717, 1.165) is 38.9 Å². The lowest BCUT2D eigenvalue weighted by atomic mass is 10.1. The normalized spacial score (nSPS) is 11.9. The van der Waals surface area contributed by atoms with Crippen LogP contribution in [0.3, 0.4) is 0 Å². The van der Waals surface area contributed by atoms with Gasteiger partial charge in [0, 0.05) is 30.3 Å². The van der Waals surface area contributed by atoms with Crippen molar-refractivity contribution >= 4 is 17.3 Å². The summed E-state index contributed by atoms with van der Waals surface area (Å²) in [4.78, 5) is 22.1. The highest BCUT2D eigenvalue weighted by atomic mass is 32.1. The van der Waals surface area contributed by atoms with Gasteiger partial charge in [-0.25, -0.2) is 14.8 Å². The predicted octanol–water partition coefficient (Wildman–Crippen LogP) is 4.38. The van der Waals surface area contributed by atoms with E-state index in [9.17, 15) is 9.90 Å². The second-order valence-electron chi connectivity index (χ2n) is 6.45. The highest BCUT2D eigenvalue weighted by Crippen LogP contribution is 2.26. The van der Waals surface area contributed by atoms with Crippen LogP contribution in [0.25, 0.3) is 10.7 Å². The molecule has 0 radical (unpaired) electrons. The number of nitrogens with zero attached hydrogens (tertiary/aromatic N) is 2. The first-order valence-corrected chi connectivity index (χ1v) is 10.4. The van der Waals surface area contributed by atoms with E-state index in [2.05, 4.69) is 16.9 Å². The predicted molar refractivity (Wildman–Crippen MR) is 112 cm³/mol. The van der Waals surface area contributed by atoms with E-state index >= 15 is 0 Å². The maximum atomic E-state index is 11.2. The van der Waals surface area contributed by atoms with Crippen LogP contribution >= 0.6 is 11.3 Å². The van der Waals surface area contributed by atoms with E-state index in [4.69, 9.17) is 9.47 Å². The molecule has 0 saturated carbocycles. The summed E-state index contributed by atoms with van der Waals surface area (Å²) >= 11 is 1.61. The topological polar surface area (TPSA) is 81.5 Å². The number of carboxylic acid groups (broad SMARTS) is 1. The van der Waals surface area contributed by atoms with E-state index in [1.807, 2.05) is 48.8 Å². The van der Waals surface area contributed by atoms with Crippen LogP contribution in [0.5, 0.6) is 5.75 Å². The first kappa shape index (κ1) is 21.0. The molecule has 152 valence electrons. The first-order valence-electron chi connectivity index (χ1n) is 9.55. The Labute approximate surface area is 174 Å². The van der Waals surface area contributed by atoms with Crippen molar-refractivity contribution < 1.29 is 19.4 Å². The number of thiophene rings is 1. The molecule has 2 heterocycles. The molecule has 2 aromatic heterocycles. The Hall–Kier alpha value is -2.77. The molecule has 0 aliphatic carbocycles. The largest absolute Gasteiger partial charge is 0.488 e. The van der Waals surface area contributed by atoms with E-state index in [-0.39, 0.29) is 0 Å². The Kier molecular flexibility index (Phi) is 7.32. The number of aliphatic carboxylic acids is 1. The standard InChI is InChI=1S/C22H24N2O4S/c1-3-15-12-23-21(24-13-15)20-10-9-18(29-20)14-28-17-7-5-16(6-8-17)11-19(22(25)26)27-4-2/h5-10,12-13,19H,3-4,11,14H2,1-2H3,(H,25,26). The van der Waals surface area contributed by atoms with Gasteiger partial charge in [-0.05, 0) is 48.7 Å². The molecule has 29 heavy (non-hydrogen) atoms. The molecule has 0 aliphatic heterocycles. The molecule has 0 spiro atoms. The molecular formula is C22H24N2O4S. The number of hydrogen-bond donors (Lipinski definition) is 1. The number of carbonyl (C=O) groups is 1. The van der Waals surface area contributed by atoms with Crippen molar-refractivity contribution in [2.75, 3.05) is 6.61 Å². The lowest BCUT2D eigenvalue weighted by Gasteiger charge is -2.12. The molecule has 3 rings (SSSR count). The summed E-state index contributed by atoms with van der Waals surface area (Å²) in [7, 11) is 0. The molecule has 1 atom stereocenters. The quantitative estimate of drug-likeness (QED) is 0.532.